The number of benzene rings is 2. The van der Waals surface area contributed by atoms with E-state index in [1.807, 2.05) is 19.1 Å². The van der Waals surface area contributed by atoms with Crippen molar-refractivity contribution in [2.75, 3.05) is 6.54 Å². The summed E-state index contributed by atoms with van der Waals surface area (Å²) in [6.45, 7) is 2.46. The molecule has 1 aromatic heterocycles. The number of ether oxygens (including phenoxy) is 1. The molecule has 0 bridgehead atoms. The summed E-state index contributed by atoms with van der Waals surface area (Å²) in [7, 11) is 0. The van der Waals surface area contributed by atoms with Crippen molar-refractivity contribution in [2.24, 2.45) is 0 Å². The fourth-order valence-corrected chi connectivity index (χ4v) is 3.12. The van der Waals surface area contributed by atoms with Crippen LogP contribution in [0, 0.1) is 11.6 Å². The van der Waals surface area contributed by atoms with Gasteiger partial charge in [0.15, 0.2) is 0 Å². The summed E-state index contributed by atoms with van der Waals surface area (Å²) in [6.07, 6.45) is 0. The van der Waals surface area contributed by atoms with E-state index < -0.39 is 11.6 Å². The van der Waals surface area contributed by atoms with Crippen molar-refractivity contribution in [1.29, 1.82) is 0 Å². The van der Waals surface area contributed by atoms with Gasteiger partial charge in [-0.15, -0.1) is 11.3 Å². The lowest BCUT2D eigenvalue weighted by Gasteiger charge is -2.07. The minimum atomic E-state index is -0.634. The van der Waals surface area contributed by atoms with Crippen molar-refractivity contribution in [3.05, 3.63) is 70.7 Å². The first-order chi connectivity index (χ1) is 12.5. The maximum absolute atomic E-state index is 13.2. The standard InChI is InChI=1S/C19H16F2N2O2S/c1-2-22-18(24)17-11-26-19(23-17)13-3-5-16(6-4-13)25-10-12-7-14(20)9-15(21)8-12/h3-9,11H,2,10H2,1H3,(H,22,24). The molecule has 1 heterocycles. The molecule has 3 rings (SSSR count). The van der Waals surface area contributed by atoms with Gasteiger partial charge in [-0.3, -0.25) is 4.79 Å². The molecule has 7 heteroatoms. The van der Waals surface area contributed by atoms with Crippen molar-refractivity contribution >= 4 is 17.2 Å². The number of hydrogen-bond acceptors (Lipinski definition) is 4. The van der Waals surface area contributed by atoms with Gasteiger partial charge in [-0.25, -0.2) is 13.8 Å². The maximum atomic E-state index is 13.2. The highest BCUT2D eigenvalue weighted by Gasteiger charge is 2.11. The molecule has 1 amide bonds. The van der Waals surface area contributed by atoms with E-state index in [0.29, 0.717) is 23.6 Å². The summed E-state index contributed by atoms with van der Waals surface area (Å²) in [6, 6.07) is 10.4. The second kappa shape index (κ2) is 8.05. The van der Waals surface area contributed by atoms with Crippen LogP contribution in [-0.2, 0) is 6.61 Å². The molecule has 0 spiro atoms. The van der Waals surface area contributed by atoms with E-state index in [1.54, 1.807) is 17.5 Å². The van der Waals surface area contributed by atoms with Crippen molar-refractivity contribution in [1.82, 2.24) is 10.3 Å². The second-order valence-electron chi connectivity index (χ2n) is 5.49. The van der Waals surface area contributed by atoms with Gasteiger partial charge in [0, 0.05) is 23.6 Å². The molecular formula is C19H16F2N2O2S. The number of amides is 1. The molecule has 0 atom stereocenters. The molecule has 0 aliphatic heterocycles. The van der Waals surface area contributed by atoms with Gasteiger partial charge in [-0.05, 0) is 48.9 Å². The predicted molar refractivity (Wildman–Crippen MR) is 96.2 cm³/mol. The highest BCUT2D eigenvalue weighted by molar-refractivity contribution is 7.13. The van der Waals surface area contributed by atoms with Crippen LogP contribution in [0.3, 0.4) is 0 Å². The van der Waals surface area contributed by atoms with E-state index in [2.05, 4.69) is 10.3 Å². The highest BCUT2D eigenvalue weighted by Crippen LogP contribution is 2.26. The lowest BCUT2D eigenvalue weighted by Crippen LogP contribution is -2.22. The monoisotopic (exact) mass is 374 g/mol. The number of aromatic nitrogens is 1. The number of nitrogens with one attached hydrogen (secondary N) is 1. The van der Waals surface area contributed by atoms with Crippen LogP contribution in [0.5, 0.6) is 5.75 Å². The van der Waals surface area contributed by atoms with E-state index >= 15 is 0 Å². The molecule has 134 valence electrons. The maximum Gasteiger partial charge on any atom is 0.270 e. The Labute approximate surface area is 153 Å². The van der Waals surface area contributed by atoms with Gasteiger partial charge < -0.3 is 10.1 Å². The number of hydrogen-bond donors (Lipinski definition) is 1. The Kier molecular flexibility index (Phi) is 5.58. The Morgan fingerprint density at radius 3 is 2.50 bits per heavy atom. The van der Waals surface area contributed by atoms with Crippen LogP contribution in [0.25, 0.3) is 10.6 Å². The SMILES string of the molecule is CCNC(=O)c1csc(-c2ccc(OCc3cc(F)cc(F)c3)cc2)n1. The zero-order valence-electron chi connectivity index (χ0n) is 14.0. The molecular weight excluding hydrogens is 358 g/mol. The fraction of sp³-hybridized carbons (Fsp3) is 0.158. The van der Waals surface area contributed by atoms with Crippen LogP contribution < -0.4 is 10.1 Å². The summed E-state index contributed by atoms with van der Waals surface area (Å²) in [4.78, 5) is 16.1. The molecule has 0 saturated heterocycles. The smallest absolute Gasteiger partial charge is 0.270 e. The number of carbonyl (C=O) groups excluding carboxylic acids is 1. The highest BCUT2D eigenvalue weighted by atomic mass is 32.1. The quantitative estimate of drug-likeness (QED) is 0.695. The van der Waals surface area contributed by atoms with Crippen LogP contribution in [0.2, 0.25) is 0 Å². The molecule has 4 nitrogen and oxygen atoms in total. The molecule has 0 fully saturated rings. The van der Waals surface area contributed by atoms with E-state index in [-0.39, 0.29) is 12.5 Å². The molecule has 0 aliphatic rings. The summed E-state index contributed by atoms with van der Waals surface area (Å²) in [5, 5.41) is 5.15. The molecule has 2 aromatic carbocycles. The average Bonchev–Trinajstić information content (AvgIpc) is 3.10. The topological polar surface area (TPSA) is 51.2 Å². The van der Waals surface area contributed by atoms with Crippen molar-refractivity contribution in [2.45, 2.75) is 13.5 Å². The first kappa shape index (κ1) is 18.0. The van der Waals surface area contributed by atoms with Crippen LogP contribution in [-0.4, -0.2) is 17.4 Å². The van der Waals surface area contributed by atoms with Gasteiger partial charge in [-0.1, -0.05) is 0 Å². The molecule has 0 aliphatic carbocycles. The van der Waals surface area contributed by atoms with Crippen LogP contribution in [0.15, 0.2) is 47.8 Å². The number of thiazole rings is 1. The Morgan fingerprint density at radius 1 is 1.15 bits per heavy atom. The lowest BCUT2D eigenvalue weighted by molar-refractivity contribution is 0.0951. The third kappa shape index (κ3) is 4.43. The summed E-state index contributed by atoms with van der Waals surface area (Å²) in [5.41, 5.74) is 1.66. The van der Waals surface area contributed by atoms with Gasteiger partial charge in [0.25, 0.3) is 5.91 Å². The minimum absolute atomic E-state index is 0.0621. The van der Waals surface area contributed by atoms with Gasteiger partial charge in [0.1, 0.15) is 34.7 Å². The number of nitrogens with zero attached hydrogens (tertiary/aromatic N) is 1. The third-order valence-corrected chi connectivity index (χ3v) is 4.39. The Morgan fingerprint density at radius 2 is 1.85 bits per heavy atom. The Bertz CT molecular complexity index is 890. The molecule has 26 heavy (non-hydrogen) atoms. The largest absolute Gasteiger partial charge is 0.489 e. The van der Waals surface area contributed by atoms with Gasteiger partial charge in [-0.2, -0.15) is 0 Å². The predicted octanol–water partition coefficient (Wildman–Crippen LogP) is 4.42. The van der Waals surface area contributed by atoms with E-state index in [1.165, 1.54) is 23.5 Å². The van der Waals surface area contributed by atoms with Gasteiger partial charge in [0.2, 0.25) is 0 Å². The van der Waals surface area contributed by atoms with Gasteiger partial charge in [0.05, 0.1) is 0 Å². The number of rotatable bonds is 6. The molecule has 0 unspecified atom stereocenters. The van der Waals surface area contributed by atoms with E-state index in [0.717, 1.165) is 16.6 Å². The zero-order chi connectivity index (χ0) is 18.5. The molecule has 0 radical (unpaired) electrons. The Balaban J connectivity index is 1.66. The average molecular weight is 374 g/mol. The van der Waals surface area contributed by atoms with Crippen molar-refractivity contribution in [3.63, 3.8) is 0 Å². The minimum Gasteiger partial charge on any atom is -0.489 e. The van der Waals surface area contributed by atoms with Crippen LogP contribution >= 0.6 is 11.3 Å². The zero-order valence-corrected chi connectivity index (χ0v) is 14.8. The molecule has 3 aromatic rings. The van der Waals surface area contributed by atoms with Gasteiger partial charge >= 0.3 is 0 Å². The third-order valence-electron chi connectivity index (χ3n) is 3.50. The Hall–Kier alpha value is -2.80. The van der Waals surface area contributed by atoms with Crippen molar-refractivity contribution < 1.29 is 18.3 Å². The summed E-state index contributed by atoms with van der Waals surface area (Å²) < 4.78 is 31.9. The summed E-state index contributed by atoms with van der Waals surface area (Å²) >= 11 is 1.38. The first-order valence-corrected chi connectivity index (χ1v) is 8.85. The van der Waals surface area contributed by atoms with Crippen LogP contribution in [0.4, 0.5) is 8.78 Å². The normalized spacial score (nSPS) is 10.6. The fourth-order valence-electron chi connectivity index (χ4n) is 2.32. The van der Waals surface area contributed by atoms with Crippen LogP contribution in [0.1, 0.15) is 23.0 Å². The number of halogens is 2. The number of carbonyl (C=O) groups is 1. The lowest BCUT2D eigenvalue weighted by atomic mass is 10.2. The summed E-state index contributed by atoms with van der Waals surface area (Å²) in [5.74, 6) is -0.896. The molecule has 0 saturated carbocycles. The van der Waals surface area contributed by atoms with E-state index in [9.17, 15) is 13.6 Å². The second-order valence-corrected chi connectivity index (χ2v) is 6.35. The molecule has 1 N–H and O–H groups in total. The van der Waals surface area contributed by atoms with E-state index in [4.69, 9.17) is 4.74 Å². The van der Waals surface area contributed by atoms with Crippen molar-refractivity contribution in [3.8, 4) is 16.3 Å². The first-order valence-electron chi connectivity index (χ1n) is 7.97.